The number of rotatable bonds is 8. The maximum atomic E-state index is 11.9. The van der Waals surface area contributed by atoms with Gasteiger partial charge in [-0.2, -0.15) is 0 Å². The van der Waals surface area contributed by atoms with Crippen LogP contribution in [0.5, 0.6) is 0 Å². The highest BCUT2D eigenvalue weighted by atomic mass is 32.2. The SMILES string of the molecule is O=C(O)Cc1ccc(CCNS(=O)(=O)C=Cc2ccccc2)cc1. The van der Waals surface area contributed by atoms with E-state index in [2.05, 4.69) is 4.72 Å². The summed E-state index contributed by atoms with van der Waals surface area (Å²) >= 11 is 0. The van der Waals surface area contributed by atoms with Crippen molar-refractivity contribution in [2.45, 2.75) is 12.8 Å². The van der Waals surface area contributed by atoms with E-state index in [1.54, 1.807) is 18.2 Å². The average Bonchev–Trinajstić information content (AvgIpc) is 2.55. The van der Waals surface area contributed by atoms with Gasteiger partial charge < -0.3 is 5.11 Å². The molecule has 0 amide bonds. The van der Waals surface area contributed by atoms with Gasteiger partial charge in [0.05, 0.1) is 6.42 Å². The maximum absolute atomic E-state index is 11.9. The van der Waals surface area contributed by atoms with Crippen molar-refractivity contribution >= 4 is 22.1 Å². The summed E-state index contributed by atoms with van der Waals surface area (Å²) < 4.78 is 26.3. The lowest BCUT2D eigenvalue weighted by Gasteiger charge is -2.04. The van der Waals surface area contributed by atoms with E-state index in [1.165, 1.54) is 0 Å². The Morgan fingerprint density at radius 1 is 1.00 bits per heavy atom. The molecule has 0 saturated carbocycles. The number of aliphatic carboxylic acids is 1. The second kappa shape index (κ2) is 8.42. The third-order valence-corrected chi connectivity index (χ3v) is 4.44. The average molecular weight is 345 g/mol. The summed E-state index contributed by atoms with van der Waals surface area (Å²) in [6.07, 6.45) is 2.06. The molecule has 0 bridgehead atoms. The second-order valence-electron chi connectivity index (χ2n) is 5.29. The third-order valence-electron chi connectivity index (χ3n) is 3.33. The summed E-state index contributed by atoms with van der Waals surface area (Å²) in [6, 6.07) is 16.3. The van der Waals surface area contributed by atoms with Gasteiger partial charge in [-0.1, -0.05) is 54.6 Å². The van der Waals surface area contributed by atoms with Crippen LogP contribution in [0.1, 0.15) is 16.7 Å². The van der Waals surface area contributed by atoms with Crippen molar-refractivity contribution in [3.8, 4) is 0 Å². The zero-order valence-corrected chi connectivity index (χ0v) is 13.9. The van der Waals surface area contributed by atoms with Gasteiger partial charge >= 0.3 is 5.97 Å². The van der Waals surface area contributed by atoms with Crippen LogP contribution in [0.2, 0.25) is 0 Å². The van der Waals surface area contributed by atoms with Crippen molar-refractivity contribution in [3.63, 3.8) is 0 Å². The molecular formula is C18H19NO4S. The van der Waals surface area contributed by atoms with E-state index in [4.69, 9.17) is 5.11 Å². The Hall–Kier alpha value is -2.44. The summed E-state index contributed by atoms with van der Waals surface area (Å²) in [5.41, 5.74) is 2.48. The predicted octanol–water partition coefficient (Wildman–Crippen LogP) is 2.45. The van der Waals surface area contributed by atoms with E-state index in [0.717, 1.165) is 22.1 Å². The summed E-state index contributed by atoms with van der Waals surface area (Å²) in [6.45, 7) is 0.278. The summed E-state index contributed by atoms with van der Waals surface area (Å²) in [7, 11) is -3.48. The number of carbonyl (C=O) groups is 1. The van der Waals surface area contributed by atoms with Gasteiger partial charge in [-0.3, -0.25) is 4.79 Å². The molecule has 6 heteroatoms. The molecule has 0 aliphatic rings. The summed E-state index contributed by atoms with van der Waals surface area (Å²) in [5, 5.41) is 9.87. The zero-order valence-electron chi connectivity index (χ0n) is 13.1. The number of benzene rings is 2. The fraction of sp³-hybridized carbons (Fsp3) is 0.167. The van der Waals surface area contributed by atoms with Crippen LogP contribution >= 0.6 is 0 Å². The molecule has 2 rings (SSSR count). The summed E-state index contributed by atoms with van der Waals surface area (Å²) in [5.74, 6) is -0.874. The first-order chi connectivity index (χ1) is 11.4. The van der Waals surface area contributed by atoms with E-state index in [1.807, 2.05) is 42.5 Å². The molecule has 5 nitrogen and oxygen atoms in total. The van der Waals surface area contributed by atoms with Gasteiger partial charge in [0.15, 0.2) is 0 Å². The Labute approximate surface area is 141 Å². The van der Waals surface area contributed by atoms with E-state index < -0.39 is 16.0 Å². The molecule has 0 fully saturated rings. The smallest absolute Gasteiger partial charge is 0.307 e. The molecule has 0 saturated heterocycles. The van der Waals surface area contributed by atoms with E-state index in [0.29, 0.717) is 6.42 Å². The number of sulfonamides is 1. The molecule has 2 aromatic rings. The first-order valence-corrected chi connectivity index (χ1v) is 9.02. The van der Waals surface area contributed by atoms with Crippen molar-refractivity contribution in [1.29, 1.82) is 0 Å². The third kappa shape index (κ3) is 6.36. The first-order valence-electron chi connectivity index (χ1n) is 7.47. The second-order valence-corrected chi connectivity index (χ2v) is 6.94. The van der Waals surface area contributed by atoms with Crippen molar-refractivity contribution in [3.05, 3.63) is 76.7 Å². The van der Waals surface area contributed by atoms with Gasteiger partial charge in [0.25, 0.3) is 0 Å². The minimum absolute atomic E-state index is 0.0167. The lowest BCUT2D eigenvalue weighted by molar-refractivity contribution is -0.136. The van der Waals surface area contributed by atoms with Crippen LogP contribution in [-0.4, -0.2) is 26.0 Å². The van der Waals surface area contributed by atoms with E-state index in [-0.39, 0.29) is 13.0 Å². The van der Waals surface area contributed by atoms with Crippen LogP contribution in [0, 0.1) is 0 Å². The van der Waals surface area contributed by atoms with Crippen LogP contribution in [0.15, 0.2) is 60.0 Å². The monoisotopic (exact) mass is 345 g/mol. The molecule has 0 aliphatic heterocycles. The molecule has 0 atom stereocenters. The topological polar surface area (TPSA) is 83.5 Å². The number of nitrogens with one attached hydrogen (secondary N) is 1. The van der Waals surface area contributed by atoms with E-state index in [9.17, 15) is 13.2 Å². The zero-order chi connectivity index (χ0) is 17.4. The lowest BCUT2D eigenvalue weighted by atomic mass is 10.1. The number of carboxylic acid groups (broad SMARTS) is 1. The van der Waals surface area contributed by atoms with Crippen molar-refractivity contribution in [2.75, 3.05) is 6.54 Å². The molecule has 0 spiro atoms. The Kier molecular flexibility index (Phi) is 6.28. The quantitative estimate of drug-likeness (QED) is 0.770. The largest absolute Gasteiger partial charge is 0.481 e. The van der Waals surface area contributed by atoms with Crippen molar-refractivity contribution in [1.82, 2.24) is 4.72 Å². The lowest BCUT2D eigenvalue weighted by Crippen LogP contribution is -2.23. The highest BCUT2D eigenvalue weighted by molar-refractivity contribution is 7.92. The first kappa shape index (κ1) is 17.9. The molecule has 0 unspecified atom stereocenters. The normalized spacial score (nSPS) is 11.7. The number of hydrogen-bond donors (Lipinski definition) is 2. The van der Waals surface area contributed by atoms with Gasteiger partial charge in [0.1, 0.15) is 0 Å². The van der Waals surface area contributed by atoms with Gasteiger partial charge in [0, 0.05) is 12.0 Å². The minimum atomic E-state index is -3.48. The fourth-order valence-corrected chi connectivity index (χ4v) is 2.94. The highest BCUT2D eigenvalue weighted by Crippen LogP contribution is 2.06. The number of carboxylic acids is 1. The Morgan fingerprint density at radius 2 is 1.62 bits per heavy atom. The molecule has 0 aromatic heterocycles. The minimum Gasteiger partial charge on any atom is -0.481 e. The van der Waals surface area contributed by atoms with Gasteiger partial charge in [-0.05, 0) is 29.2 Å². The Morgan fingerprint density at radius 3 is 2.25 bits per heavy atom. The molecule has 2 N–H and O–H groups in total. The van der Waals surface area contributed by atoms with Crippen LogP contribution in [0.4, 0.5) is 0 Å². The molecule has 2 aromatic carbocycles. The molecule has 126 valence electrons. The molecule has 24 heavy (non-hydrogen) atoms. The standard InChI is InChI=1S/C18H19NO4S/c20-18(21)14-17-8-6-16(7-9-17)10-12-19-24(22,23)13-11-15-4-2-1-3-5-15/h1-9,11,13,19H,10,12,14H2,(H,20,21). The van der Waals surface area contributed by atoms with Crippen molar-refractivity contribution < 1.29 is 18.3 Å². The molecule has 0 aliphatic carbocycles. The van der Waals surface area contributed by atoms with Gasteiger partial charge in [0.2, 0.25) is 10.0 Å². The predicted molar refractivity (Wildman–Crippen MR) is 93.9 cm³/mol. The number of hydrogen-bond acceptors (Lipinski definition) is 3. The molecule has 0 heterocycles. The van der Waals surface area contributed by atoms with Crippen LogP contribution < -0.4 is 4.72 Å². The Balaban J connectivity index is 1.84. The molecule has 0 radical (unpaired) electrons. The van der Waals surface area contributed by atoms with Crippen LogP contribution in [-0.2, 0) is 27.7 Å². The van der Waals surface area contributed by atoms with Crippen LogP contribution in [0.25, 0.3) is 6.08 Å². The van der Waals surface area contributed by atoms with Gasteiger partial charge in [-0.25, -0.2) is 13.1 Å². The fourth-order valence-electron chi connectivity index (χ4n) is 2.12. The molecular weight excluding hydrogens is 326 g/mol. The van der Waals surface area contributed by atoms with Crippen LogP contribution in [0.3, 0.4) is 0 Å². The van der Waals surface area contributed by atoms with Crippen molar-refractivity contribution in [2.24, 2.45) is 0 Å². The Bertz CT molecular complexity index is 797. The maximum Gasteiger partial charge on any atom is 0.307 e. The highest BCUT2D eigenvalue weighted by Gasteiger charge is 2.05. The summed E-state index contributed by atoms with van der Waals surface area (Å²) in [4.78, 5) is 10.6. The van der Waals surface area contributed by atoms with E-state index >= 15 is 0 Å². The van der Waals surface area contributed by atoms with Gasteiger partial charge in [-0.15, -0.1) is 0 Å².